The first-order chi connectivity index (χ1) is 16.9. The Morgan fingerprint density at radius 3 is 2.69 bits per heavy atom. The van der Waals surface area contributed by atoms with Crippen molar-refractivity contribution < 1.29 is 23.8 Å². The van der Waals surface area contributed by atoms with Gasteiger partial charge in [0.1, 0.15) is 11.3 Å². The number of rotatable bonds is 7. The van der Waals surface area contributed by atoms with E-state index in [2.05, 4.69) is 4.98 Å². The number of ketones is 1. The third-order valence-corrected chi connectivity index (χ3v) is 7.04. The second-order valence-corrected chi connectivity index (χ2v) is 9.56. The SMILES string of the molecule is CCCOc1cccc(C2C(C(=O)c3cc4ccccc4o3)=C(O)C(=O)N2c2nc(C)c(C)s2)c1. The molecule has 0 fully saturated rings. The maximum absolute atomic E-state index is 13.7. The van der Waals surface area contributed by atoms with Crippen LogP contribution in [0.25, 0.3) is 11.0 Å². The zero-order chi connectivity index (χ0) is 24.7. The summed E-state index contributed by atoms with van der Waals surface area (Å²) in [5, 5.41) is 12.2. The average Bonchev–Trinajstić information content (AvgIpc) is 3.51. The van der Waals surface area contributed by atoms with Gasteiger partial charge in [-0.05, 0) is 50.1 Å². The van der Waals surface area contributed by atoms with Gasteiger partial charge in [-0.3, -0.25) is 14.5 Å². The number of Topliss-reactive ketones (excluding diaryl/α,β-unsaturated/α-hetero) is 1. The van der Waals surface area contributed by atoms with E-state index in [-0.39, 0.29) is 11.3 Å². The highest BCUT2D eigenvalue weighted by molar-refractivity contribution is 7.15. The number of ether oxygens (including phenoxy) is 1. The molecule has 5 rings (SSSR count). The number of carbonyl (C=O) groups excluding carboxylic acids is 2. The number of para-hydroxylation sites is 1. The number of hydrogen-bond acceptors (Lipinski definition) is 7. The van der Waals surface area contributed by atoms with Crippen LogP contribution in [-0.4, -0.2) is 28.4 Å². The minimum absolute atomic E-state index is 0.0489. The molecule has 1 aliphatic heterocycles. The van der Waals surface area contributed by atoms with Crippen LogP contribution in [0.5, 0.6) is 5.75 Å². The molecule has 0 saturated carbocycles. The van der Waals surface area contributed by atoms with Gasteiger partial charge in [-0.25, -0.2) is 4.98 Å². The number of furan rings is 1. The Balaban J connectivity index is 1.64. The van der Waals surface area contributed by atoms with Crippen LogP contribution in [0, 0.1) is 13.8 Å². The van der Waals surface area contributed by atoms with Crippen LogP contribution >= 0.6 is 11.3 Å². The van der Waals surface area contributed by atoms with Crippen LogP contribution in [0.3, 0.4) is 0 Å². The summed E-state index contributed by atoms with van der Waals surface area (Å²) in [6.07, 6.45) is 0.840. The lowest BCUT2D eigenvalue weighted by Gasteiger charge is -2.24. The topological polar surface area (TPSA) is 92.9 Å². The second kappa shape index (κ2) is 9.03. The number of aliphatic hydroxyl groups is 1. The van der Waals surface area contributed by atoms with Crippen LogP contribution in [0.4, 0.5) is 5.13 Å². The molecule has 1 amide bonds. The van der Waals surface area contributed by atoms with Crippen molar-refractivity contribution >= 4 is 39.1 Å². The van der Waals surface area contributed by atoms with Gasteiger partial charge in [-0.2, -0.15) is 0 Å². The lowest BCUT2D eigenvalue weighted by molar-refractivity contribution is -0.117. The van der Waals surface area contributed by atoms with Gasteiger partial charge < -0.3 is 14.3 Å². The molecule has 2 aromatic carbocycles. The monoisotopic (exact) mass is 488 g/mol. The zero-order valence-electron chi connectivity index (χ0n) is 19.6. The van der Waals surface area contributed by atoms with Crippen molar-refractivity contribution in [2.24, 2.45) is 0 Å². The molecule has 0 aliphatic carbocycles. The first-order valence-electron chi connectivity index (χ1n) is 11.4. The lowest BCUT2D eigenvalue weighted by Crippen LogP contribution is -2.31. The smallest absolute Gasteiger partial charge is 0.296 e. The predicted molar refractivity (Wildman–Crippen MR) is 134 cm³/mol. The molecule has 7 nitrogen and oxygen atoms in total. The minimum Gasteiger partial charge on any atom is -0.503 e. The van der Waals surface area contributed by atoms with Gasteiger partial charge in [0.05, 0.1) is 23.9 Å². The van der Waals surface area contributed by atoms with Gasteiger partial charge in [0.2, 0.25) is 5.78 Å². The van der Waals surface area contributed by atoms with Crippen molar-refractivity contribution in [2.45, 2.75) is 33.2 Å². The standard InChI is InChI=1S/C27H24N2O5S/c1-4-12-33-19-10-7-9-18(13-19)23-22(24(30)21-14-17-8-5-6-11-20(17)34-21)25(31)26(32)29(23)27-28-15(2)16(3)35-27/h5-11,13-14,23,31H,4,12H2,1-3H3. The van der Waals surface area contributed by atoms with Gasteiger partial charge in [0.25, 0.3) is 5.91 Å². The van der Waals surface area contributed by atoms with Crippen molar-refractivity contribution in [3.8, 4) is 5.75 Å². The van der Waals surface area contributed by atoms with Gasteiger partial charge in [0, 0.05) is 10.3 Å². The fraction of sp³-hybridized carbons (Fsp3) is 0.222. The highest BCUT2D eigenvalue weighted by Crippen LogP contribution is 2.44. The van der Waals surface area contributed by atoms with Crippen molar-refractivity contribution in [3.63, 3.8) is 0 Å². The molecular formula is C27H24N2O5S. The summed E-state index contributed by atoms with van der Waals surface area (Å²) in [5.41, 5.74) is 1.91. The molecule has 8 heteroatoms. The summed E-state index contributed by atoms with van der Waals surface area (Å²) in [6, 6.07) is 15.2. The number of aromatic nitrogens is 1. The number of benzene rings is 2. The van der Waals surface area contributed by atoms with E-state index in [0.29, 0.717) is 28.6 Å². The first-order valence-corrected chi connectivity index (χ1v) is 12.2. The summed E-state index contributed by atoms with van der Waals surface area (Å²) < 4.78 is 11.6. The van der Waals surface area contributed by atoms with Crippen LogP contribution in [0.2, 0.25) is 0 Å². The van der Waals surface area contributed by atoms with Crippen molar-refractivity contribution in [1.82, 2.24) is 4.98 Å². The number of carbonyl (C=O) groups is 2. The first kappa shape index (κ1) is 22.9. The number of anilines is 1. The Morgan fingerprint density at radius 2 is 1.97 bits per heavy atom. The molecule has 0 bridgehead atoms. The lowest BCUT2D eigenvalue weighted by atomic mass is 9.95. The molecule has 1 N–H and O–H groups in total. The predicted octanol–water partition coefficient (Wildman–Crippen LogP) is 6.08. The number of nitrogens with zero attached hydrogens (tertiary/aromatic N) is 2. The number of aliphatic hydroxyl groups excluding tert-OH is 1. The number of thiazole rings is 1. The quantitative estimate of drug-likeness (QED) is 0.317. The van der Waals surface area contributed by atoms with E-state index in [1.807, 2.05) is 51.1 Å². The molecule has 0 radical (unpaired) electrons. The Hall–Kier alpha value is -3.91. The Kier molecular flexibility index (Phi) is 5.90. The summed E-state index contributed by atoms with van der Waals surface area (Å²) in [6.45, 7) is 6.32. The fourth-order valence-corrected chi connectivity index (χ4v) is 5.07. The number of hydrogen-bond donors (Lipinski definition) is 1. The van der Waals surface area contributed by atoms with E-state index < -0.39 is 23.5 Å². The van der Waals surface area contributed by atoms with Gasteiger partial charge in [-0.15, -0.1) is 11.3 Å². The number of aryl methyl sites for hydroxylation is 2. The molecular weight excluding hydrogens is 464 g/mol. The van der Waals surface area contributed by atoms with E-state index in [9.17, 15) is 14.7 Å². The molecule has 178 valence electrons. The van der Waals surface area contributed by atoms with Gasteiger partial charge >= 0.3 is 0 Å². The summed E-state index contributed by atoms with van der Waals surface area (Å²) >= 11 is 1.34. The normalized spacial score (nSPS) is 15.9. The van der Waals surface area contributed by atoms with Gasteiger partial charge in [0.15, 0.2) is 16.7 Å². The summed E-state index contributed by atoms with van der Waals surface area (Å²) in [4.78, 5) is 34.0. The molecule has 0 spiro atoms. The molecule has 1 unspecified atom stereocenters. The van der Waals surface area contributed by atoms with E-state index in [1.54, 1.807) is 24.3 Å². The number of fused-ring (bicyclic) bond motifs is 1. The van der Waals surface area contributed by atoms with E-state index in [4.69, 9.17) is 9.15 Å². The summed E-state index contributed by atoms with van der Waals surface area (Å²) in [7, 11) is 0. The minimum atomic E-state index is -0.890. The third-order valence-electron chi connectivity index (χ3n) is 5.97. The molecule has 2 aromatic heterocycles. The molecule has 0 saturated heterocycles. The van der Waals surface area contributed by atoms with Crippen molar-refractivity contribution in [3.05, 3.63) is 87.8 Å². The van der Waals surface area contributed by atoms with Gasteiger partial charge in [-0.1, -0.05) is 37.3 Å². The molecule has 35 heavy (non-hydrogen) atoms. The highest BCUT2D eigenvalue weighted by Gasteiger charge is 2.46. The summed E-state index contributed by atoms with van der Waals surface area (Å²) in [5.74, 6) is -1.17. The number of amides is 1. The third kappa shape index (κ3) is 4.00. The van der Waals surface area contributed by atoms with Crippen LogP contribution < -0.4 is 9.64 Å². The van der Waals surface area contributed by atoms with Crippen molar-refractivity contribution in [1.29, 1.82) is 0 Å². The van der Waals surface area contributed by atoms with Crippen LogP contribution in [0.15, 0.2) is 70.3 Å². The highest BCUT2D eigenvalue weighted by atomic mass is 32.1. The Morgan fingerprint density at radius 1 is 1.17 bits per heavy atom. The molecule has 1 aliphatic rings. The second-order valence-electron chi connectivity index (χ2n) is 8.38. The van der Waals surface area contributed by atoms with Crippen LogP contribution in [0.1, 0.15) is 46.1 Å². The largest absolute Gasteiger partial charge is 0.503 e. The van der Waals surface area contributed by atoms with Crippen LogP contribution in [-0.2, 0) is 4.79 Å². The average molecular weight is 489 g/mol. The Labute approximate surface area is 206 Å². The molecule has 3 heterocycles. The van der Waals surface area contributed by atoms with E-state index in [1.165, 1.54) is 16.2 Å². The van der Waals surface area contributed by atoms with Crippen molar-refractivity contribution in [2.75, 3.05) is 11.5 Å². The zero-order valence-corrected chi connectivity index (χ0v) is 20.4. The fourth-order valence-electron chi connectivity index (χ4n) is 4.13. The maximum Gasteiger partial charge on any atom is 0.296 e. The molecule has 1 atom stereocenters. The van der Waals surface area contributed by atoms with E-state index in [0.717, 1.165) is 22.4 Å². The van der Waals surface area contributed by atoms with E-state index >= 15 is 0 Å². The molecule has 4 aromatic rings. The Bertz CT molecular complexity index is 1430. The maximum atomic E-state index is 13.7.